The number of aliphatic hydroxyl groups is 1. The SMILES string of the molecule is CC(O)C(C)NCC(C)(C)CN(C)C. The molecule has 0 saturated heterocycles. The van der Waals surface area contributed by atoms with Crippen LogP contribution in [0.3, 0.4) is 0 Å². The number of hydrogen-bond acceptors (Lipinski definition) is 3. The van der Waals surface area contributed by atoms with Gasteiger partial charge >= 0.3 is 0 Å². The average molecular weight is 202 g/mol. The lowest BCUT2D eigenvalue weighted by Crippen LogP contribution is -2.44. The predicted octanol–water partition coefficient (Wildman–Crippen LogP) is 0.933. The maximum Gasteiger partial charge on any atom is 0.0662 e. The molecule has 2 unspecified atom stereocenters. The van der Waals surface area contributed by atoms with Gasteiger partial charge in [0.15, 0.2) is 0 Å². The normalized spacial score (nSPS) is 17.1. The Morgan fingerprint density at radius 3 is 2.14 bits per heavy atom. The van der Waals surface area contributed by atoms with Crippen molar-refractivity contribution in [3.05, 3.63) is 0 Å². The topological polar surface area (TPSA) is 35.5 Å². The number of nitrogens with one attached hydrogen (secondary N) is 1. The molecular formula is C11H26N2O. The van der Waals surface area contributed by atoms with Crippen LogP contribution >= 0.6 is 0 Å². The molecule has 0 bridgehead atoms. The Morgan fingerprint density at radius 1 is 1.29 bits per heavy atom. The van der Waals surface area contributed by atoms with Crippen molar-refractivity contribution in [2.45, 2.75) is 39.8 Å². The Labute approximate surface area is 88.5 Å². The lowest BCUT2D eigenvalue weighted by molar-refractivity contribution is 0.139. The monoisotopic (exact) mass is 202 g/mol. The lowest BCUT2D eigenvalue weighted by atomic mass is 9.92. The fourth-order valence-corrected chi connectivity index (χ4v) is 1.52. The van der Waals surface area contributed by atoms with E-state index in [2.05, 4.69) is 38.2 Å². The van der Waals surface area contributed by atoms with Crippen LogP contribution in [0.15, 0.2) is 0 Å². The molecule has 0 aliphatic heterocycles. The van der Waals surface area contributed by atoms with Crippen LogP contribution in [-0.2, 0) is 0 Å². The molecule has 2 atom stereocenters. The molecule has 86 valence electrons. The van der Waals surface area contributed by atoms with E-state index in [1.165, 1.54) is 0 Å². The second-order valence-corrected chi connectivity index (χ2v) is 5.31. The molecule has 3 heteroatoms. The van der Waals surface area contributed by atoms with Gasteiger partial charge in [0.05, 0.1) is 6.10 Å². The molecule has 2 N–H and O–H groups in total. The number of nitrogens with zero attached hydrogens (tertiary/aromatic N) is 1. The highest BCUT2D eigenvalue weighted by Gasteiger charge is 2.20. The summed E-state index contributed by atoms with van der Waals surface area (Å²) in [5.74, 6) is 0. The summed E-state index contributed by atoms with van der Waals surface area (Å²) in [5, 5.41) is 12.7. The van der Waals surface area contributed by atoms with Crippen LogP contribution in [-0.4, -0.2) is 49.3 Å². The third kappa shape index (κ3) is 6.35. The molecule has 0 aromatic heterocycles. The van der Waals surface area contributed by atoms with Crippen molar-refractivity contribution in [3.8, 4) is 0 Å². The zero-order valence-electron chi connectivity index (χ0n) is 10.5. The van der Waals surface area contributed by atoms with E-state index in [0.717, 1.165) is 13.1 Å². The summed E-state index contributed by atoms with van der Waals surface area (Å²) in [5.41, 5.74) is 0.243. The minimum atomic E-state index is -0.287. The van der Waals surface area contributed by atoms with Gasteiger partial charge in [-0.2, -0.15) is 0 Å². The van der Waals surface area contributed by atoms with Gasteiger partial charge in [0.25, 0.3) is 0 Å². The molecule has 3 nitrogen and oxygen atoms in total. The van der Waals surface area contributed by atoms with Crippen molar-refractivity contribution in [1.82, 2.24) is 10.2 Å². The maximum absolute atomic E-state index is 9.33. The van der Waals surface area contributed by atoms with E-state index < -0.39 is 0 Å². The number of rotatable bonds is 6. The molecule has 0 aliphatic carbocycles. The summed E-state index contributed by atoms with van der Waals surface area (Å²) in [6.07, 6.45) is -0.287. The smallest absolute Gasteiger partial charge is 0.0662 e. The van der Waals surface area contributed by atoms with Gasteiger partial charge < -0.3 is 15.3 Å². The zero-order valence-corrected chi connectivity index (χ0v) is 10.5. The number of hydrogen-bond donors (Lipinski definition) is 2. The van der Waals surface area contributed by atoms with Gasteiger partial charge in [-0.1, -0.05) is 13.8 Å². The van der Waals surface area contributed by atoms with Crippen molar-refractivity contribution >= 4 is 0 Å². The molecule has 0 aliphatic rings. The Balaban J connectivity index is 3.86. The Bertz CT molecular complexity index is 155. The van der Waals surface area contributed by atoms with Gasteiger partial charge in [-0.15, -0.1) is 0 Å². The second kappa shape index (κ2) is 5.69. The summed E-state index contributed by atoms with van der Waals surface area (Å²) in [7, 11) is 4.17. The lowest BCUT2D eigenvalue weighted by Gasteiger charge is -2.30. The Morgan fingerprint density at radius 2 is 1.79 bits per heavy atom. The molecule has 0 aromatic rings. The fraction of sp³-hybridized carbons (Fsp3) is 1.00. The second-order valence-electron chi connectivity index (χ2n) is 5.31. The van der Waals surface area contributed by atoms with Gasteiger partial charge in [-0.25, -0.2) is 0 Å². The van der Waals surface area contributed by atoms with Crippen LogP contribution in [0.5, 0.6) is 0 Å². The van der Waals surface area contributed by atoms with Crippen molar-refractivity contribution in [2.24, 2.45) is 5.41 Å². The van der Waals surface area contributed by atoms with Crippen LogP contribution in [0.4, 0.5) is 0 Å². The Hall–Kier alpha value is -0.120. The summed E-state index contributed by atoms with van der Waals surface area (Å²) in [6, 6.07) is 0.163. The average Bonchev–Trinajstić information content (AvgIpc) is 1.97. The van der Waals surface area contributed by atoms with E-state index in [1.807, 2.05) is 13.8 Å². The molecule has 0 fully saturated rings. The molecule has 0 saturated carbocycles. The van der Waals surface area contributed by atoms with Crippen LogP contribution in [0.1, 0.15) is 27.7 Å². The van der Waals surface area contributed by atoms with E-state index in [9.17, 15) is 5.11 Å². The van der Waals surface area contributed by atoms with Gasteiger partial charge in [-0.05, 0) is 33.4 Å². The first kappa shape index (κ1) is 13.9. The van der Waals surface area contributed by atoms with E-state index in [1.54, 1.807) is 0 Å². The molecule has 0 radical (unpaired) electrons. The highest BCUT2D eigenvalue weighted by atomic mass is 16.3. The highest BCUT2D eigenvalue weighted by molar-refractivity contribution is 4.77. The summed E-state index contributed by atoms with van der Waals surface area (Å²) in [6.45, 7) is 10.3. The third-order valence-electron chi connectivity index (χ3n) is 2.37. The van der Waals surface area contributed by atoms with E-state index in [4.69, 9.17) is 0 Å². The first-order valence-corrected chi connectivity index (χ1v) is 5.31. The zero-order chi connectivity index (χ0) is 11.4. The standard InChI is InChI=1S/C11H26N2O/c1-9(10(2)14)12-7-11(3,4)8-13(5)6/h9-10,12,14H,7-8H2,1-6H3. The number of aliphatic hydroxyl groups excluding tert-OH is 1. The molecule has 14 heavy (non-hydrogen) atoms. The van der Waals surface area contributed by atoms with Gasteiger partial charge in [-0.3, -0.25) is 0 Å². The molecule has 0 spiro atoms. The third-order valence-corrected chi connectivity index (χ3v) is 2.37. The molecule has 0 amide bonds. The van der Waals surface area contributed by atoms with Crippen LogP contribution < -0.4 is 5.32 Å². The first-order chi connectivity index (χ1) is 6.24. The van der Waals surface area contributed by atoms with Crippen LogP contribution in [0.2, 0.25) is 0 Å². The molecule has 0 rings (SSSR count). The summed E-state index contributed by atoms with van der Waals surface area (Å²) >= 11 is 0. The molecule has 0 heterocycles. The van der Waals surface area contributed by atoms with Gasteiger partial charge in [0.2, 0.25) is 0 Å². The first-order valence-electron chi connectivity index (χ1n) is 5.31. The highest BCUT2D eigenvalue weighted by Crippen LogP contribution is 2.14. The predicted molar refractivity (Wildman–Crippen MR) is 61.5 cm³/mol. The van der Waals surface area contributed by atoms with Gasteiger partial charge in [0, 0.05) is 19.1 Å². The van der Waals surface area contributed by atoms with Crippen molar-refractivity contribution < 1.29 is 5.11 Å². The van der Waals surface area contributed by atoms with Crippen molar-refractivity contribution in [2.75, 3.05) is 27.2 Å². The van der Waals surface area contributed by atoms with E-state index in [-0.39, 0.29) is 17.6 Å². The Kier molecular flexibility index (Phi) is 5.64. The van der Waals surface area contributed by atoms with Crippen molar-refractivity contribution in [1.29, 1.82) is 0 Å². The minimum absolute atomic E-state index is 0.163. The minimum Gasteiger partial charge on any atom is -0.392 e. The van der Waals surface area contributed by atoms with E-state index in [0.29, 0.717) is 0 Å². The van der Waals surface area contributed by atoms with Crippen LogP contribution in [0, 0.1) is 5.41 Å². The largest absolute Gasteiger partial charge is 0.392 e. The molecule has 0 aromatic carbocycles. The van der Waals surface area contributed by atoms with Crippen LogP contribution in [0.25, 0.3) is 0 Å². The summed E-state index contributed by atoms with van der Waals surface area (Å²) in [4.78, 5) is 2.19. The van der Waals surface area contributed by atoms with Gasteiger partial charge in [0.1, 0.15) is 0 Å². The molecular weight excluding hydrogens is 176 g/mol. The quantitative estimate of drug-likeness (QED) is 0.673. The fourth-order valence-electron chi connectivity index (χ4n) is 1.52. The van der Waals surface area contributed by atoms with Crippen molar-refractivity contribution in [3.63, 3.8) is 0 Å². The summed E-state index contributed by atoms with van der Waals surface area (Å²) < 4.78 is 0. The van der Waals surface area contributed by atoms with E-state index >= 15 is 0 Å². The maximum atomic E-state index is 9.33.